The molecular formula is C12H15NO3. The van der Waals surface area contributed by atoms with Gasteiger partial charge in [0, 0.05) is 6.54 Å². The molecule has 16 heavy (non-hydrogen) atoms. The molecule has 1 fully saturated rings. The minimum Gasteiger partial charge on any atom is -0.410 e. The zero-order valence-corrected chi connectivity index (χ0v) is 9.26. The van der Waals surface area contributed by atoms with Gasteiger partial charge in [0.15, 0.2) is 0 Å². The molecule has 0 bridgehead atoms. The second-order valence-electron chi connectivity index (χ2n) is 3.81. The van der Waals surface area contributed by atoms with Gasteiger partial charge in [0.2, 0.25) is 0 Å². The van der Waals surface area contributed by atoms with Gasteiger partial charge < -0.3 is 14.4 Å². The fourth-order valence-electron chi connectivity index (χ4n) is 1.64. The van der Waals surface area contributed by atoms with Crippen LogP contribution >= 0.6 is 0 Å². The highest BCUT2D eigenvalue weighted by Gasteiger charge is 2.22. The van der Waals surface area contributed by atoms with Gasteiger partial charge in [0.1, 0.15) is 5.75 Å². The summed E-state index contributed by atoms with van der Waals surface area (Å²) < 4.78 is 10.6. The first kappa shape index (κ1) is 11.0. The highest BCUT2D eigenvalue weighted by Crippen LogP contribution is 2.12. The van der Waals surface area contributed by atoms with Gasteiger partial charge in [-0.1, -0.05) is 18.2 Å². The minimum absolute atomic E-state index is 0.0806. The van der Waals surface area contributed by atoms with Gasteiger partial charge in [-0.3, -0.25) is 0 Å². The first-order chi connectivity index (χ1) is 7.75. The Morgan fingerprint density at radius 3 is 2.88 bits per heavy atom. The predicted octanol–water partition coefficient (Wildman–Crippen LogP) is 1.91. The van der Waals surface area contributed by atoms with E-state index in [1.54, 1.807) is 17.0 Å². The molecule has 1 aromatic rings. The van der Waals surface area contributed by atoms with E-state index in [9.17, 15) is 4.79 Å². The SMILES string of the molecule is CC1CN(C(=O)Oc2ccccc2)CCO1. The van der Waals surface area contributed by atoms with Crippen molar-refractivity contribution in [3.05, 3.63) is 30.3 Å². The second kappa shape index (κ2) is 4.99. The summed E-state index contributed by atoms with van der Waals surface area (Å²) in [5.41, 5.74) is 0. The van der Waals surface area contributed by atoms with Crippen molar-refractivity contribution in [1.29, 1.82) is 0 Å². The Morgan fingerprint density at radius 2 is 2.19 bits per heavy atom. The smallest absolute Gasteiger partial charge is 0.410 e. The van der Waals surface area contributed by atoms with E-state index in [0.717, 1.165) is 0 Å². The number of hydrogen-bond acceptors (Lipinski definition) is 3. The third kappa shape index (κ3) is 2.73. The molecule has 0 spiro atoms. The van der Waals surface area contributed by atoms with Crippen molar-refractivity contribution in [2.75, 3.05) is 19.7 Å². The van der Waals surface area contributed by atoms with Gasteiger partial charge in [0.05, 0.1) is 19.3 Å². The highest BCUT2D eigenvalue weighted by molar-refractivity contribution is 5.70. The van der Waals surface area contributed by atoms with E-state index < -0.39 is 0 Å². The summed E-state index contributed by atoms with van der Waals surface area (Å²) >= 11 is 0. The molecule has 0 radical (unpaired) electrons. The summed E-state index contributed by atoms with van der Waals surface area (Å²) in [7, 11) is 0. The van der Waals surface area contributed by atoms with Crippen LogP contribution in [-0.4, -0.2) is 36.8 Å². The van der Waals surface area contributed by atoms with Crippen LogP contribution in [0, 0.1) is 0 Å². The molecule has 2 rings (SSSR count). The standard InChI is InChI=1S/C12H15NO3/c1-10-9-13(7-8-15-10)12(14)16-11-5-3-2-4-6-11/h2-6,10H,7-9H2,1H3. The zero-order valence-electron chi connectivity index (χ0n) is 9.26. The maximum absolute atomic E-state index is 11.8. The topological polar surface area (TPSA) is 38.8 Å². The van der Waals surface area contributed by atoms with Gasteiger partial charge in [-0.05, 0) is 19.1 Å². The quantitative estimate of drug-likeness (QED) is 0.727. The summed E-state index contributed by atoms with van der Waals surface area (Å²) in [5, 5.41) is 0. The molecule has 1 aliphatic heterocycles. The Balaban J connectivity index is 1.93. The van der Waals surface area contributed by atoms with Crippen LogP contribution in [0.3, 0.4) is 0 Å². The Bertz CT molecular complexity index is 353. The molecule has 1 heterocycles. The number of hydrogen-bond donors (Lipinski definition) is 0. The Kier molecular flexibility index (Phi) is 3.41. The van der Waals surface area contributed by atoms with Crippen molar-refractivity contribution in [3.63, 3.8) is 0 Å². The van der Waals surface area contributed by atoms with E-state index in [1.807, 2.05) is 25.1 Å². The van der Waals surface area contributed by atoms with Crippen molar-refractivity contribution in [2.45, 2.75) is 13.0 Å². The normalized spacial score (nSPS) is 20.6. The molecule has 0 saturated carbocycles. The number of benzene rings is 1. The molecule has 1 saturated heterocycles. The molecular weight excluding hydrogens is 206 g/mol. The number of para-hydroxylation sites is 1. The van der Waals surface area contributed by atoms with Gasteiger partial charge in [-0.15, -0.1) is 0 Å². The number of amides is 1. The van der Waals surface area contributed by atoms with E-state index >= 15 is 0 Å². The molecule has 1 aliphatic rings. The van der Waals surface area contributed by atoms with Gasteiger partial charge in [0.25, 0.3) is 0 Å². The van der Waals surface area contributed by atoms with Crippen LogP contribution in [-0.2, 0) is 4.74 Å². The van der Waals surface area contributed by atoms with Gasteiger partial charge >= 0.3 is 6.09 Å². The Hall–Kier alpha value is -1.55. The fraction of sp³-hybridized carbons (Fsp3) is 0.417. The van der Waals surface area contributed by atoms with E-state index in [0.29, 0.717) is 25.4 Å². The molecule has 1 atom stereocenters. The summed E-state index contributed by atoms with van der Waals surface area (Å²) in [6, 6.07) is 9.09. The number of carbonyl (C=O) groups excluding carboxylic acids is 1. The lowest BCUT2D eigenvalue weighted by Gasteiger charge is -2.30. The van der Waals surface area contributed by atoms with Crippen LogP contribution in [0.5, 0.6) is 5.75 Å². The molecule has 86 valence electrons. The average molecular weight is 221 g/mol. The molecule has 1 unspecified atom stereocenters. The van der Waals surface area contributed by atoms with E-state index in [2.05, 4.69) is 0 Å². The number of ether oxygens (including phenoxy) is 2. The molecule has 0 aliphatic carbocycles. The van der Waals surface area contributed by atoms with Crippen LogP contribution in [0.1, 0.15) is 6.92 Å². The number of morpholine rings is 1. The van der Waals surface area contributed by atoms with Crippen molar-refractivity contribution in [3.8, 4) is 5.75 Å². The fourth-order valence-corrected chi connectivity index (χ4v) is 1.64. The molecule has 1 aromatic carbocycles. The summed E-state index contributed by atoms with van der Waals surface area (Å²) in [4.78, 5) is 13.4. The molecule has 4 heteroatoms. The van der Waals surface area contributed by atoms with E-state index in [1.165, 1.54) is 0 Å². The van der Waals surface area contributed by atoms with E-state index in [4.69, 9.17) is 9.47 Å². The number of carbonyl (C=O) groups is 1. The van der Waals surface area contributed by atoms with Crippen molar-refractivity contribution in [2.24, 2.45) is 0 Å². The zero-order chi connectivity index (χ0) is 11.4. The summed E-state index contributed by atoms with van der Waals surface area (Å²) in [6.07, 6.45) is -0.224. The highest BCUT2D eigenvalue weighted by atomic mass is 16.6. The van der Waals surface area contributed by atoms with E-state index in [-0.39, 0.29) is 12.2 Å². The third-order valence-corrected chi connectivity index (χ3v) is 2.45. The maximum atomic E-state index is 11.8. The van der Waals surface area contributed by atoms with Crippen LogP contribution in [0.4, 0.5) is 4.79 Å². The lowest BCUT2D eigenvalue weighted by atomic mass is 10.3. The Labute approximate surface area is 94.8 Å². The largest absolute Gasteiger partial charge is 0.415 e. The number of nitrogens with zero attached hydrogens (tertiary/aromatic N) is 1. The predicted molar refractivity (Wildman–Crippen MR) is 59.5 cm³/mol. The van der Waals surface area contributed by atoms with Crippen LogP contribution in [0.25, 0.3) is 0 Å². The monoisotopic (exact) mass is 221 g/mol. The summed E-state index contributed by atoms with van der Waals surface area (Å²) in [6.45, 7) is 3.70. The second-order valence-corrected chi connectivity index (χ2v) is 3.81. The summed E-state index contributed by atoms with van der Waals surface area (Å²) in [5.74, 6) is 0.576. The average Bonchev–Trinajstić information content (AvgIpc) is 2.30. The maximum Gasteiger partial charge on any atom is 0.415 e. The van der Waals surface area contributed by atoms with Gasteiger partial charge in [-0.2, -0.15) is 0 Å². The minimum atomic E-state index is -0.304. The molecule has 1 amide bonds. The molecule has 0 aromatic heterocycles. The van der Waals surface area contributed by atoms with Crippen LogP contribution in [0.15, 0.2) is 30.3 Å². The Morgan fingerprint density at radius 1 is 1.44 bits per heavy atom. The first-order valence-corrected chi connectivity index (χ1v) is 5.39. The van der Waals surface area contributed by atoms with Crippen molar-refractivity contribution in [1.82, 2.24) is 4.90 Å². The lowest BCUT2D eigenvalue weighted by Crippen LogP contribution is -2.45. The van der Waals surface area contributed by atoms with Crippen LogP contribution in [0.2, 0.25) is 0 Å². The third-order valence-electron chi connectivity index (χ3n) is 2.45. The molecule has 4 nitrogen and oxygen atoms in total. The lowest BCUT2D eigenvalue weighted by molar-refractivity contribution is -0.0105. The van der Waals surface area contributed by atoms with Gasteiger partial charge in [-0.25, -0.2) is 4.79 Å². The number of rotatable bonds is 1. The van der Waals surface area contributed by atoms with Crippen molar-refractivity contribution < 1.29 is 14.3 Å². The first-order valence-electron chi connectivity index (χ1n) is 5.39. The van der Waals surface area contributed by atoms with Crippen LogP contribution < -0.4 is 4.74 Å². The molecule has 0 N–H and O–H groups in total. The van der Waals surface area contributed by atoms with Crippen molar-refractivity contribution >= 4 is 6.09 Å².